The van der Waals surface area contributed by atoms with Crippen LogP contribution in [-0.2, 0) is 0 Å². The molecule has 0 bridgehead atoms. The van der Waals surface area contributed by atoms with E-state index in [-0.39, 0.29) is 11.8 Å². The first kappa shape index (κ1) is 18.8. The Balaban J connectivity index is 1.70. The van der Waals surface area contributed by atoms with Crippen LogP contribution in [0, 0.1) is 6.92 Å². The lowest BCUT2D eigenvalue weighted by Crippen LogP contribution is -2.33. The second kappa shape index (κ2) is 6.97. The van der Waals surface area contributed by atoms with E-state index < -0.39 is 6.04 Å². The SMILES string of the molecule is Cc1nnc(-c2nc3c(Cl)cccc3cc2C(C)N2C(=O)c3ccccc3C2=O)s1. The van der Waals surface area contributed by atoms with Crippen molar-refractivity contribution in [3.8, 4) is 10.7 Å². The summed E-state index contributed by atoms with van der Waals surface area (Å²) in [5, 5.41) is 11.1. The molecule has 0 N–H and O–H groups in total. The highest BCUT2D eigenvalue weighted by atomic mass is 35.5. The number of benzene rings is 2. The van der Waals surface area contributed by atoms with Crippen molar-refractivity contribution in [1.82, 2.24) is 20.1 Å². The van der Waals surface area contributed by atoms with Gasteiger partial charge < -0.3 is 0 Å². The van der Waals surface area contributed by atoms with Gasteiger partial charge in [-0.05, 0) is 38.1 Å². The van der Waals surface area contributed by atoms with Gasteiger partial charge in [0, 0.05) is 10.9 Å². The fourth-order valence-electron chi connectivity index (χ4n) is 3.76. The van der Waals surface area contributed by atoms with Gasteiger partial charge in [-0.25, -0.2) is 4.98 Å². The van der Waals surface area contributed by atoms with E-state index in [4.69, 9.17) is 16.6 Å². The molecule has 5 rings (SSSR count). The van der Waals surface area contributed by atoms with Crippen molar-refractivity contribution >= 4 is 45.7 Å². The minimum atomic E-state index is -0.549. The number of fused-ring (bicyclic) bond motifs is 2. The van der Waals surface area contributed by atoms with Gasteiger partial charge >= 0.3 is 0 Å². The monoisotopic (exact) mass is 434 g/mol. The quantitative estimate of drug-likeness (QED) is 0.420. The topological polar surface area (TPSA) is 76.1 Å². The molecule has 0 aliphatic carbocycles. The Morgan fingerprint density at radius 3 is 2.33 bits per heavy atom. The summed E-state index contributed by atoms with van der Waals surface area (Å²) in [6, 6.07) is 13.8. The van der Waals surface area contributed by atoms with Gasteiger partial charge in [0.25, 0.3) is 11.8 Å². The lowest BCUT2D eigenvalue weighted by Gasteiger charge is -2.24. The largest absolute Gasteiger partial charge is 0.269 e. The zero-order valence-electron chi connectivity index (χ0n) is 16.1. The molecule has 0 saturated carbocycles. The molecule has 0 radical (unpaired) electrons. The maximum Gasteiger partial charge on any atom is 0.262 e. The molecule has 3 heterocycles. The molecule has 2 aromatic carbocycles. The Labute approximate surface area is 181 Å². The maximum absolute atomic E-state index is 13.0. The molecule has 30 heavy (non-hydrogen) atoms. The molecule has 0 fully saturated rings. The third-order valence-electron chi connectivity index (χ3n) is 5.22. The molecule has 1 aliphatic heterocycles. The number of aromatic nitrogens is 3. The summed E-state index contributed by atoms with van der Waals surface area (Å²) in [4.78, 5) is 32.1. The average Bonchev–Trinajstić information content (AvgIpc) is 3.29. The van der Waals surface area contributed by atoms with Crippen LogP contribution in [0.2, 0.25) is 5.02 Å². The molecule has 6 nitrogen and oxygen atoms in total. The Kier molecular flexibility index (Phi) is 4.38. The van der Waals surface area contributed by atoms with Crippen LogP contribution in [0.5, 0.6) is 0 Å². The van der Waals surface area contributed by atoms with Crippen LogP contribution in [0.15, 0.2) is 48.5 Å². The standard InChI is InChI=1S/C22H15ClN4O2S/c1-11(27-21(28)14-7-3-4-8-15(14)22(27)29)16-10-13-6-5-9-17(23)18(13)24-19(16)20-26-25-12(2)30-20/h3-11H,1-2H3. The normalized spacial score (nSPS) is 14.4. The van der Waals surface area contributed by atoms with E-state index in [1.165, 1.54) is 16.2 Å². The predicted molar refractivity (Wildman–Crippen MR) is 116 cm³/mol. The van der Waals surface area contributed by atoms with Gasteiger partial charge in [-0.1, -0.05) is 47.2 Å². The molecule has 1 unspecified atom stereocenters. The number of carbonyl (C=O) groups excluding carboxylic acids is 2. The lowest BCUT2D eigenvalue weighted by atomic mass is 10.0. The number of amides is 2. The first-order valence-corrected chi connectivity index (χ1v) is 10.5. The van der Waals surface area contributed by atoms with Gasteiger partial charge in [-0.2, -0.15) is 0 Å². The fraction of sp³-hybridized carbons (Fsp3) is 0.136. The van der Waals surface area contributed by atoms with E-state index in [1.54, 1.807) is 30.3 Å². The predicted octanol–water partition coefficient (Wildman–Crippen LogP) is 5.07. The summed E-state index contributed by atoms with van der Waals surface area (Å²) in [7, 11) is 0. The Hall–Kier alpha value is -3.16. The van der Waals surface area contributed by atoms with E-state index in [2.05, 4.69) is 10.2 Å². The number of rotatable bonds is 3. The number of carbonyl (C=O) groups is 2. The number of imide groups is 1. The van der Waals surface area contributed by atoms with Crippen molar-refractivity contribution < 1.29 is 9.59 Å². The molecule has 148 valence electrons. The third kappa shape index (κ3) is 2.81. The summed E-state index contributed by atoms with van der Waals surface area (Å²) in [6.45, 7) is 3.69. The molecule has 1 atom stereocenters. The van der Waals surface area contributed by atoms with E-state index in [0.717, 1.165) is 16.0 Å². The van der Waals surface area contributed by atoms with Crippen LogP contribution in [0.4, 0.5) is 0 Å². The Bertz CT molecular complexity index is 1320. The highest BCUT2D eigenvalue weighted by Crippen LogP contribution is 2.38. The zero-order chi connectivity index (χ0) is 21.0. The number of nitrogens with zero attached hydrogens (tertiary/aromatic N) is 4. The zero-order valence-corrected chi connectivity index (χ0v) is 17.7. The summed E-state index contributed by atoms with van der Waals surface area (Å²) in [5.74, 6) is -0.623. The van der Waals surface area contributed by atoms with Gasteiger partial charge in [0.05, 0.1) is 27.7 Å². The number of hydrogen-bond acceptors (Lipinski definition) is 6. The van der Waals surface area contributed by atoms with Gasteiger partial charge in [0.15, 0.2) is 5.01 Å². The summed E-state index contributed by atoms with van der Waals surface area (Å²) >= 11 is 7.78. The van der Waals surface area contributed by atoms with Crippen LogP contribution in [0.25, 0.3) is 21.6 Å². The average molecular weight is 435 g/mol. The summed E-state index contributed by atoms with van der Waals surface area (Å²) in [5.41, 5.74) is 2.76. The molecule has 2 aromatic heterocycles. The van der Waals surface area contributed by atoms with E-state index in [0.29, 0.717) is 32.4 Å². The van der Waals surface area contributed by atoms with Crippen molar-refractivity contribution in [3.63, 3.8) is 0 Å². The van der Waals surface area contributed by atoms with Crippen molar-refractivity contribution in [3.05, 3.63) is 75.3 Å². The molecular weight excluding hydrogens is 420 g/mol. The minimum absolute atomic E-state index is 0.311. The summed E-state index contributed by atoms with van der Waals surface area (Å²) in [6.07, 6.45) is 0. The number of aryl methyl sites for hydroxylation is 1. The minimum Gasteiger partial charge on any atom is -0.269 e. The number of halogens is 1. The molecule has 0 saturated heterocycles. The van der Waals surface area contributed by atoms with Crippen LogP contribution < -0.4 is 0 Å². The van der Waals surface area contributed by atoms with Crippen LogP contribution >= 0.6 is 22.9 Å². The smallest absolute Gasteiger partial charge is 0.262 e. The van der Waals surface area contributed by atoms with Crippen molar-refractivity contribution in [2.45, 2.75) is 19.9 Å². The van der Waals surface area contributed by atoms with Crippen molar-refractivity contribution in [1.29, 1.82) is 0 Å². The highest BCUT2D eigenvalue weighted by molar-refractivity contribution is 7.14. The summed E-state index contributed by atoms with van der Waals surface area (Å²) < 4.78 is 0. The first-order valence-electron chi connectivity index (χ1n) is 9.32. The molecule has 1 aliphatic rings. The van der Waals surface area contributed by atoms with Crippen LogP contribution in [0.3, 0.4) is 0 Å². The van der Waals surface area contributed by atoms with E-state index in [1.807, 2.05) is 32.0 Å². The molecule has 2 amide bonds. The Morgan fingerprint density at radius 1 is 1.00 bits per heavy atom. The molecule has 0 spiro atoms. The molecule has 8 heteroatoms. The van der Waals surface area contributed by atoms with Gasteiger partial charge in [0.1, 0.15) is 10.7 Å². The van der Waals surface area contributed by atoms with Crippen molar-refractivity contribution in [2.75, 3.05) is 0 Å². The molecular formula is C22H15ClN4O2S. The molecule has 4 aromatic rings. The van der Waals surface area contributed by atoms with E-state index in [9.17, 15) is 9.59 Å². The van der Waals surface area contributed by atoms with Crippen LogP contribution in [0.1, 0.15) is 44.3 Å². The third-order valence-corrected chi connectivity index (χ3v) is 6.37. The first-order chi connectivity index (χ1) is 14.5. The second-order valence-electron chi connectivity index (χ2n) is 7.07. The fourth-order valence-corrected chi connectivity index (χ4v) is 4.69. The second-order valence-corrected chi connectivity index (χ2v) is 8.65. The number of para-hydroxylation sites is 1. The van der Waals surface area contributed by atoms with E-state index >= 15 is 0 Å². The lowest BCUT2D eigenvalue weighted by molar-refractivity contribution is 0.0595. The maximum atomic E-state index is 13.0. The highest BCUT2D eigenvalue weighted by Gasteiger charge is 2.39. The van der Waals surface area contributed by atoms with Gasteiger partial charge in [0.2, 0.25) is 0 Å². The van der Waals surface area contributed by atoms with Crippen LogP contribution in [-0.4, -0.2) is 31.9 Å². The number of pyridine rings is 1. The van der Waals surface area contributed by atoms with Crippen molar-refractivity contribution in [2.24, 2.45) is 0 Å². The number of hydrogen-bond donors (Lipinski definition) is 0. The van der Waals surface area contributed by atoms with Gasteiger partial charge in [-0.15, -0.1) is 10.2 Å². The van der Waals surface area contributed by atoms with Gasteiger partial charge in [-0.3, -0.25) is 14.5 Å². The Morgan fingerprint density at radius 2 is 1.70 bits per heavy atom.